The van der Waals surface area contributed by atoms with Gasteiger partial charge in [0.15, 0.2) is 0 Å². The Morgan fingerprint density at radius 1 is 1.28 bits per heavy atom. The number of nitrogens with zero attached hydrogens (tertiary/aromatic N) is 1. The number of carbonyl (C=O) groups is 2. The lowest BCUT2D eigenvalue weighted by Gasteiger charge is -2.40. The molecular weight excluding hydrogens is 228 g/mol. The van der Waals surface area contributed by atoms with Crippen LogP contribution in [-0.2, 0) is 9.59 Å². The Bertz CT molecular complexity index is 313. The molecule has 0 spiro atoms. The van der Waals surface area contributed by atoms with Gasteiger partial charge >= 0.3 is 0 Å². The number of amides is 2. The van der Waals surface area contributed by atoms with E-state index in [1.54, 1.807) is 18.7 Å². The number of carbonyl (C=O) groups excluding carboxylic acids is 2. The molecule has 4 nitrogen and oxygen atoms in total. The van der Waals surface area contributed by atoms with Crippen molar-refractivity contribution in [1.82, 2.24) is 10.2 Å². The van der Waals surface area contributed by atoms with Crippen LogP contribution >= 0.6 is 0 Å². The number of piperazine rings is 1. The molecule has 1 saturated heterocycles. The third-order valence-corrected chi connectivity index (χ3v) is 3.57. The van der Waals surface area contributed by atoms with Gasteiger partial charge in [-0.3, -0.25) is 9.59 Å². The SMILES string of the molecule is CCCCCCC(C)N1CC(=O)NC(C)(C)C1=O. The monoisotopic (exact) mass is 254 g/mol. The van der Waals surface area contributed by atoms with Gasteiger partial charge in [-0.15, -0.1) is 0 Å². The van der Waals surface area contributed by atoms with Crippen LogP contribution in [-0.4, -0.2) is 34.8 Å². The minimum atomic E-state index is -0.757. The minimum absolute atomic E-state index is 0.0325. The summed E-state index contributed by atoms with van der Waals surface area (Å²) in [7, 11) is 0. The van der Waals surface area contributed by atoms with Crippen LogP contribution in [0.4, 0.5) is 0 Å². The molecule has 0 aliphatic carbocycles. The van der Waals surface area contributed by atoms with Crippen LogP contribution in [0.3, 0.4) is 0 Å². The predicted octanol–water partition coefficient (Wildman–Crippen LogP) is 2.08. The second-order valence-electron chi connectivity index (χ2n) is 5.80. The van der Waals surface area contributed by atoms with Crippen molar-refractivity contribution in [3.63, 3.8) is 0 Å². The maximum absolute atomic E-state index is 12.2. The quantitative estimate of drug-likeness (QED) is 0.738. The molecule has 0 aromatic heterocycles. The lowest BCUT2D eigenvalue weighted by Crippen LogP contribution is -2.65. The molecule has 0 aromatic carbocycles. The maximum Gasteiger partial charge on any atom is 0.248 e. The Morgan fingerprint density at radius 3 is 2.56 bits per heavy atom. The van der Waals surface area contributed by atoms with Crippen molar-refractivity contribution >= 4 is 11.8 Å². The molecule has 1 fully saturated rings. The lowest BCUT2D eigenvalue weighted by molar-refractivity contribution is -0.150. The summed E-state index contributed by atoms with van der Waals surface area (Å²) in [6, 6.07) is 0.152. The van der Waals surface area contributed by atoms with E-state index in [1.807, 2.05) is 6.92 Å². The van der Waals surface area contributed by atoms with Crippen LogP contribution in [0.15, 0.2) is 0 Å². The van der Waals surface area contributed by atoms with Gasteiger partial charge in [-0.1, -0.05) is 32.6 Å². The number of hydrogen-bond donors (Lipinski definition) is 1. The molecule has 18 heavy (non-hydrogen) atoms. The summed E-state index contributed by atoms with van der Waals surface area (Å²) in [5.74, 6) is -0.0231. The van der Waals surface area contributed by atoms with Crippen molar-refractivity contribution < 1.29 is 9.59 Å². The highest BCUT2D eigenvalue weighted by molar-refractivity contribution is 5.97. The van der Waals surface area contributed by atoms with E-state index in [0.717, 1.165) is 12.8 Å². The van der Waals surface area contributed by atoms with Gasteiger partial charge in [0, 0.05) is 6.04 Å². The van der Waals surface area contributed by atoms with E-state index < -0.39 is 5.54 Å². The van der Waals surface area contributed by atoms with E-state index in [1.165, 1.54) is 19.3 Å². The first-order chi connectivity index (χ1) is 8.38. The summed E-state index contributed by atoms with van der Waals surface area (Å²) in [5.41, 5.74) is -0.757. The van der Waals surface area contributed by atoms with Crippen molar-refractivity contribution in [3.8, 4) is 0 Å². The molecule has 1 atom stereocenters. The van der Waals surface area contributed by atoms with Gasteiger partial charge in [0.2, 0.25) is 11.8 Å². The smallest absolute Gasteiger partial charge is 0.248 e. The Morgan fingerprint density at radius 2 is 1.94 bits per heavy atom. The number of rotatable bonds is 6. The second-order valence-corrected chi connectivity index (χ2v) is 5.80. The fourth-order valence-corrected chi connectivity index (χ4v) is 2.41. The molecule has 0 aromatic rings. The molecule has 104 valence electrons. The molecule has 1 heterocycles. The van der Waals surface area contributed by atoms with Crippen molar-refractivity contribution in [3.05, 3.63) is 0 Å². The average molecular weight is 254 g/mol. The van der Waals surface area contributed by atoms with E-state index in [0.29, 0.717) is 0 Å². The number of unbranched alkanes of at least 4 members (excludes halogenated alkanes) is 3. The topological polar surface area (TPSA) is 49.4 Å². The normalized spacial score (nSPS) is 20.8. The van der Waals surface area contributed by atoms with Gasteiger partial charge in [0.1, 0.15) is 5.54 Å². The zero-order chi connectivity index (χ0) is 13.8. The van der Waals surface area contributed by atoms with Crippen molar-refractivity contribution in [2.24, 2.45) is 0 Å². The molecule has 1 N–H and O–H groups in total. The first-order valence-corrected chi connectivity index (χ1v) is 7.00. The predicted molar refractivity (Wildman–Crippen MR) is 72.2 cm³/mol. The average Bonchev–Trinajstić information content (AvgIpc) is 2.28. The Kier molecular flexibility index (Phi) is 5.17. The van der Waals surface area contributed by atoms with Crippen LogP contribution in [0.1, 0.15) is 59.8 Å². The summed E-state index contributed by atoms with van der Waals surface area (Å²) < 4.78 is 0. The Labute approximate surface area is 110 Å². The standard InChI is InChI=1S/C14H26N2O2/c1-5-6-7-8-9-11(2)16-10-12(17)15-14(3,4)13(16)18/h11H,5-10H2,1-4H3,(H,15,17). The van der Waals surface area contributed by atoms with Crippen LogP contribution in [0.5, 0.6) is 0 Å². The Hall–Kier alpha value is -1.06. The molecule has 1 aliphatic heterocycles. The third-order valence-electron chi connectivity index (χ3n) is 3.57. The minimum Gasteiger partial charge on any atom is -0.341 e. The zero-order valence-corrected chi connectivity index (χ0v) is 12.1. The Balaban J connectivity index is 2.52. The van der Waals surface area contributed by atoms with Crippen LogP contribution < -0.4 is 5.32 Å². The first kappa shape index (κ1) is 15.0. The van der Waals surface area contributed by atoms with Crippen LogP contribution in [0.25, 0.3) is 0 Å². The van der Waals surface area contributed by atoms with E-state index in [2.05, 4.69) is 12.2 Å². The highest BCUT2D eigenvalue weighted by Gasteiger charge is 2.40. The van der Waals surface area contributed by atoms with E-state index >= 15 is 0 Å². The summed E-state index contributed by atoms with van der Waals surface area (Å²) in [4.78, 5) is 25.6. The number of nitrogens with one attached hydrogen (secondary N) is 1. The molecule has 2 amide bonds. The molecule has 1 rings (SSSR count). The van der Waals surface area contributed by atoms with Gasteiger partial charge in [-0.2, -0.15) is 0 Å². The van der Waals surface area contributed by atoms with Crippen molar-refractivity contribution in [2.75, 3.05) is 6.54 Å². The second kappa shape index (κ2) is 6.21. The van der Waals surface area contributed by atoms with Gasteiger partial charge in [0.25, 0.3) is 0 Å². The van der Waals surface area contributed by atoms with Gasteiger partial charge in [-0.25, -0.2) is 0 Å². The molecule has 1 aliphatic rings. The third kappa shape index (κ3) is 3.72. The van der Waals surface area contributed by atoms with Gasteiger partial charge in [0.05, 0.1) is 6.54 Å². The number of hydrogen-bond acceptors (Lipinski definition) is 2. The summed E-state index contributed by atoms with van der Waals surface area (Å²) in [6.45, 7) is 7.96. The van der Waals surface area contributed by atoms with E-state index in [4.69, 9.17) is 0 Å². The lowest BCUT2D eigenvalue weighted by atomic mass is 9.97. The summed E-state index contributed by atoms with van der Waals surface area (Å²) in [5, 5.41) is 2.74. The van der Waals surface area contributed by atoms with Gasteiger partial charge in [-0.05, 0) is 27.2 Å². The van der Waals surface area contributed by atoms with E-state index in [-0.39, 0.29) is 24.4 Å². The van der Waals surface area contributed by atoms with Gasteiger partial charge < -0.3 is 10.2 Å². The highest BCUT2D eigenvalue weighted by Crippen LogP contribution is 2.18. The first-order valence-electron chi connectivity index (χ1n) is 7.00. The van der Waals surface area contributed by atoms with Crippen molar-refractivity contribution in [1.29, 1.82) is 0 Å². The summed E-state index contributed by atoms with van der Waals surface area (Å²) in [6.07, 6.45) is 5.77. The molecule has 0 bridgehead atoms. The largest absolute Gasteiger partial charge is 0.341 e. The molecule has 0 saturated carbocycles. The van der Waals surface area contributed by atoms with Crippen molar-refractivity contribution in [2.45, 2.75) is 71.4 Å². The molecule has 1 unspecified atom stereocenters. The fourth-order valence-electron chi connectivity index (χ4n) is 2.41. The molecule has 0 radical (unpaired) electrons. The maximum atomic E-state index is 12.2. The zero-order valence-electron chi connectivity index (χ0n) is 12.1. The van der Waals surface area contributed by atoms with Crippen LogP contribution in [0.2, 0.25) is 0 Å². The summed E-state index contributed by atoms with van der Waals surface area (Å²) >= 11 is 0. The van der Waals surface area contributed by atoms with Crippen LogP contribution in [0, 0.1) is 0 Å². The molecule has 4 heteroatoms. The van der Waals surface area contributed by atoms with E-state index in [9.17, 15) is 9.59 Å². The fraction of sp³-hybridized carbons (Fsp3) is 0.857. The molecular formula is C14H26N2O2. The highest BCUT2D eigenvalue weighted by atomic mass is 16.2.